The van der Waals surface area contributed by atoms with E-state index in [0.29, 0.717) is 11.4 Å². The van der Waals surface area contributed by atoms with Gasteiger partial charge in [-0.25, -0.2) is 0 Å². The van der Waals surface area contributed by atoms with Crippen molar-refractivity contribution in [3.05, 3.63) is 48.5 Å². The van der Waals surface area contributed by atoms with E-state index < -0.39 is 20.8 Å². The average molecular weight is 408 g/mol. The predicted octanol–water partition coefficient (Wildman–Crippen LogP) is 1.96. The van der Waals surface area contributed by atoms with Crippen molar-refractivity contribution < 1.29 is 35.0 Å². The van der Waals surface area contributed by atoms with Crippen LogP contribution in [0.2, 0.25) is 0 Å². The van der Waals surface area contributed by atoms with Gasteiger partial charge in [-0.2, -0.15) is 27.1 Å². The van der Waals surface area contributed by atoms with Gasteiger partial charge in [-0.05, 0) is 36.4 Å². The third kappa shape index (κ3) is 17.7. The van der Waals surface area contributed by atoms with Crippen molar-refractivity contribution in [3.63, 3.8) is 0 Å². The first-order valence-electron chi connectivity index (χ1n) is 6.26. The summed E-state index contributed by atoms with van der Waals surface area (Å²) in [5, 5.41) is 8.14. The van der Waals surface area contributed by atoms with Gasteiger partial charge in [-0.3, -0.25) is 18.2 Å². The number of benzene rings is 2. The average Bonchev–Trinajstić information content (AvgIpc) is 2.42. The van der Waals surface area contributed by atoms with E-state index >= 15 is 0 Å². The molecule has 0 bridgehead atoms. The summed E-state index contributed by atoms with van der Waals surface area (Å²) < 4.78 is 63.2. The minimum atomic E-state index is -4.67. The molecule has 0 saturated heterocycles. The Morgan fingerprint density at radius 3 is 1.15 bits per heavy atom. The van der Waals surface area contributed by atoms with Crippen molar-refractivity contribution in [2.24, 2.45) is 10.2 Å². The van der Waals surface area contributed by atoms with Gasteiger partial charge < -0.3 is 11.5 Å². The minimum absolute atomic E-state index is 0.670. The zero-order valence-electron chi connectivity index (χ0n) is 12.9. The molecule has 144 valence electrons. The van der Waals surface area contributed by atoms with Crippen molar-refractivity contribution in [2.75, 3.05) is 11.5 Å². The summed E-state index contributed by atoms with van der Waals surface area (Å²) in [7, 11) is -9.33. The molecule has 2 aromatic carbocycles. The molecular formula is C12H16N4O8S2. The van der Waals surface area contributed by atoms with Crippen LogP contribution in [-0.4, -0.2) is 35.0 Å². The molecule has 8 N–H and O–H groups in total. The second-order valence-corrected chi connectivity index (χ2v) is 6.08. The largest absolute Gasteiger partial charge is 0.399 e. The monoisotopic (exact) mass is 408 g/mol. The first-order valence-corrected chi connectivity index (χ1v) is 9.06. The predicted molar refractivity (Wildman–Crippen MR) is 94.2 cm³/mol. The molecule has 0 saturated carbocycles. The third-order valence-electron chi connectivity index (χ3n) is 2.02. The molecule has 0 aliphatic heterocycles. The molecule has 12 nitrogen and oxygen atoms in total. The highest BCUT2D eigenvalue weighted by Gasteiger charge is 1.92. The van der Waals surface area contributed by atoms with Gasteiger partial charge >= 0.3 is 20.8 Å². The van der Waals surface area contributed by atoms with Crippen LogP contribution in [0.4, 0.5) is 22.7 Å². The lowest BCUT2D eigenvalue weighted by molar-refractivity contribution is 0.378. The summed E-state index contributed by atoms with van der Waals surface area (Å²) in [5.74, 6) is 0. The minimum Gasteiger partial charge on any atom is -0.399 e. The molecular weight excluding hydrogens is 392 g/mol. The number of anilines is 2. The Balaban J connectivity index is 0.000000520. The van der Waals surface area contributed by atoms with Gasteiger partial charge in [-0.15, -0.1) is 0 Å². The smallest absolute Gasteiger partial charge is 0.394 e. The Hall–Kier alpha value is -2.62. The van der Waals surface area contributed by atoms with Crippen LogP contribution >= 0.6 is 0 Å². The Morgan fingerprint density at radius 2 is 0.923 bits per heavy atom. The molecule has 0 aliphatic carbocycles. The normalized spacial score (nSPS) is 11.1. The van der Waals surface area contributed by atoms with Crippen LogP contribution < -0.4 is 11.5 Å². The maximum absolute atomic E-state index is 8.74. The highest BCUT2D eigenvalue weighted by atomic mass is 32.3. The lowest BCUT2D eigenvalue weighted by atomic mass is 10.3. The molecule has 2 aromatic rings. The van der Waals surface area contributed by atoms with Crippen LogP contribution in [0.1, 0.15) is 0 Å². The van der Waals surface area contributed by atoms with Gasteiger partial charge in [0.05, 0.1) is 11.4 Å². The van der Waals surface area contributed by atoms with Gasteiger partial charge in [0.2, 0.25) is 0 Å². The molecule has 0 radical (unpaired) electrons. The third-order valence-corrected chi connectivity index (χ3v) is 2.02. The van der Waals surface area contributed by atoms with Crippen molar-refractivity contribution in [2.45, 2.75) is 0 Å². The maximum atomic E-state index is 8.74. The highest BCUT2D eigenvalue weighted by molar-refractivity contribution is 7.80. The summed E-state index contributed by atoms with van der Waals surface area (Å²) >= 11 is 0. The Labute approximate surface area is 149 Å². The Morgan fingerprint density at radius 1 is 0.654 bits per heavy atom. The molecule has 0 fully saturated rings. The van der Waals surface area contributed by atoms with Crippen molar-refractivity contribution in [1.82, 2.24) is 0 Å². The van der Waals surface area contributed by atoms with Crippen LogP contribution in [-0.2, 0) is 20.8 Å². The number of hydrogen-bond donors (Lipinski definition) is 6. The van der Waals surface area contributed by atoms with E-state index in [4.69, 9.17) is 46.5 Å². The zero-order valence-corrected chi connectivity index (χ0v) is 14.5. The van der Waals surface area contributed by atoms with E-state index in [9.17, 15) is 0 Å². The van der Waals surface area contributed by atoms with E-state index in [-0.39, 0.29) is 0 Å². The summed E-state index contributed by atoms with van der Waals surface area (Å²) in [6, 6.07) is 14.5. The summed E-state index contributed by atoms with van der Waals surface area (Å²) in [5.41, 5.74) is 14.0. The van der Waals surface area contributed by atoms with Crippen molar-refractivity contribution in [3.8, 4) is 0 Å². The van der Waals surface area contributed by atoms with E-state index in [1.54, 1.807) is 24.3 Å². The fourth-order valence-electron chi connectivity index (χ4n) is 1.29. The van der Waals surface area contributed by atoms with Gasteiger partial charge in [0.15, 0.2) is 0 Å². The highest BCUT2D eigenvalue weighted by Crippen LogP contribution is 2.21. The number of hydrogen-bond acceptors (Lipinski definition) is 8. The lowest BCUT2D eigenvalue weighted by Gasteiger charge is -1.96. The van der Waals surface area contributed by atoms with Gasteiger partial charge in [0, 0.05) is 11.4 Å². The first-order chi connectivity index (χ1) is 11.7. The second-order valence-electron chi connectivity index (χ2n) is 4.29. The molecule has 0 atom stereocenters. The number of rotatable bonds is 2. The van der Waals surface area contributed by atoms with Crippen LogP contribution in [0.3, 0.4) is 0 Å². The molecule has 0 spiro atoms. The first kappa shape index (κ1) is 23.4. The zero-order chi connectivity index (χ0) is 20.4. The van der Waals surface area contributed by atoms with E-state index in [1.807, 2.05) is 24.3 Å². The molecule has 14 heteroatoms. The Bertz CT molecular complexity index is 852. The SMILES string of the molecule is Nc1cccc(N=Nc2cccc(N)c2)c1.O=S(=O)(O)O.O=S(=O)(O)O. The number of nitrogens with two attached hydrogens (primary N) is 2. The van der Waals surface area contributed by atoms with E-state index in [2.05, 4.69) is 10.2 Å². The standard InChI is InChI=1S/C12H12N4.2H2O4S/c13-9-3-1-5-11(7-9)15-16-12-6-2-4-10(14)8-12;2*1-5(2,3)4/h1-8H,13-14H2;2*(H2,1,2,3,4). The van der Waals surface area contributed by atoms with Crippen LogP contribution in [0, 0.1) is 0 Å². The molecule has 0 heterocycles. The fourth-order valence-corrected chi connectivity index (χ4v) is 1.29. The lowest BCUT2D eigenvalue weighted by Crippen LogP contribution is -1.89. The van der Waals surface area contributed by atoms with Gasteiger partial charge in [0.1, 0.15) is 0 Å². The summed E-state index contributed by atoms with van der Waals surface area (Å²) in [6.07, 6.45) is 0. The second kappa shape index (κ2) is 10.4. The fraction of sp³-hybridized carbons (Fsp3) is 0. The molecule has 0 unspecified atom stereocenters. The number of nitrogen functional groups attached to an aromatic ring is 2. The molecule has 0 amide bonds. The van der Waals surface area contributed by atoms with E-state index in [0.717, 1.165) is 11.4 Å². The summed E-state index contributed by atoms with van der Waals surface area (Å²) in [6.45, 7) is 0. The molecule has 2 rings (SSSR count). The van der Waals surface area contributed by atoms with Gasteiger partial charge in [0.25, 0.3) is 0 Å². The molecule has 26 heavy (non-hydrogen) atoms. The van der Waals surface area contributed by atoms with Crippen molar-refractivity contribution in [1.29, 1.82) is 0 Å². The number of azo groups is 1. The summed E-state index contributed by atoms with van der Waals surface area (Å²) in [4.78, 5) is 0. The topological polar surface area (TPSA) is 226 Å². The molecule has 0 aromatic heterocycles. The van der Waals surface area contributed by atoms with Crippen LogP contribution in [0.5, 0.6) is 0 Å². The number of nitrogens with zero attached hydrogens (tertiary/aromatic N) is 2. The van der Waals surface area contributed by atoms with Crippen molar-refractivity contribution >= 4 is 43.5 Å². The van der Waals surface area contributed by atoms with Crippen LogP contribution in [0.25, 0.3) is 0 Å². The van der Waals surface area contributed by atoms with E-state index in [1.165, 1.54) is 0 Å². The maximum Gasteiger partial charge on any atom is 0.394 e. The quantitative estimate of drug-likeness (QED) is 0.240. The van der Waals surface area contributed by atoms with Crippen LogP contribution in [0.15, 0.2) is 58.8 Å². The Kier molecular flexibility index (Phi) is 9.34. The molecule has 0 aliphatic rings. The van der Waals surface area contributed by atoms with Gasteiger partial charge in [-0.1, -0.05) is 12.1 Å².